The minimum Gasteiger partial charge on any atom is -0.454 e. The van der Waals surface area contributed by atoms with Gasteiger partial charge in [-0.05, 0) is 61.4 Å². The maximum atomic E-state index is 13.2. The SMILES string of the molecule is O=C(COC(=O)c1cc(-c2ccc(N3C(=O)[C@H]4CC=CC[C@@H]4C3=O)cc2)nc2c(Cl)cccc12)c1ccc(Cl)cc1. The molecule has 1 fully saturated rings. The summed E-state index contributed by atoms with van der Waals surface area (Å²) in [6, 6.07) is 19.8. The Morgan fingerprint density at radius 3 is 2.20 bits per heavy atom. The number of halogens is 2. The van der Waals surface area contributed by atoms with Crippen molar-refractivity contribution in [2.45, 2.75) is 12.8 Å². The number of aromatic nitrogens is 1. The lowest BCUT2D eigenvalue weighted by atomic mass is 9.85. The predicted molar refractivity (Wildman–Crippen MR) is 156 cm³/mol. The molecule has 0 N–H and O–H groups in total. The topological polar surface area (TPSA) is 93.6 Å². The first-order valence-electron chi connectivity index (χ1n) is 13.0. The third-order valence-corrected chi connectivity index (χ3v) is 8.00. The van der Waals surface area contributed by atoms with Gasteiger partial charge in [-0.15, -0.1) is 0 Å². The van der Waals surface area contributed by atoms with E-state index in [0.29, 0.717) is 56.3 Å². The number of para-hydroxylation sites is 1. The van der Waals surface area contributed by atoms with E-state index in [4.69, 9.17) is 27.9 Å². The fraction of sp³-hybridized carbons (Fsp3) is 0.156. The number of rotatable bonds is 6. The monoisotopic (exact) mass is 584 g/mol. The minimum atomic E-state index is -0.704. The van der Waals surface area contributed by atoms with Gasteiger partial charge in [0.2, 0.25) is 11.8 Å². The molecule has 2 aliphatic rings. The van der Waals surface area contributed by atoms with Crippen molar-refractivity contribution in [3.63, 3.8) is 0 Å². The first-order valence-corrected chi connectivity index (χ1v) is 13.8. The number of Topliss-reactive ketones (excluding diaryl/α,β-unsaturated/α-hetero) is 1. The average molecular weight is 585 g/mol. The molecule has 6 rings (SSSR count). The van der Waals surface area contributed by atoms with E-state index in [1.807, 2.05) is 12.2 Å². The van der Waals surface area contributed by atoms with Crippen molar-refractivity contribution in [1.29, 1.82) is 0 Å². The van der Waals surface area contributed by atoms with Gasteiger partial charge >= 0.3 is 5.97 Å². The lowest BCUT2D eigenvalue weighted by Gasteiger charge is -2.16. The number of pyridine rings is 1. The van der Waals surface area contributed by atoms with Gasteiger partial charge in [0.15, 0.2) is 12.4 Å². The van der Waals surface area contributed by atoms with E-state index in [9.17, 15) is 19.2 Å². The number of carbonyl (C=O) groups excluding carboxylic acids is 4. The highest BCUT2D eigenvalue weighted by Gasteiger charge is 2.47. The summed E-state index contributed by atoms with van der Waals surface area (Å²) in [7, 11) is 0. The first kappa shape index (κ1) is 26.9. The average Bonchev–Trinajstić information content (AvgIpc) is 3.25. The lowest BCUT2D eigenvalue weighted by Crippen LogP contribution is -2.30. The first-order chi connectivity index (χ1) is 19.8. The molecule has 0 radical (unpaired) electrons. The summed E-state index contributed by atoms with van der Waals surface area (Å²) in [6.45, 7) is -0.454. The number of nitrogens with zero attached hydrogens (tertiary/aromatic N) is 2. The van der Waals surface area contributed by atoms with Crippen molar-refractivity contribution >= 4 is 63.4 Å². The second kappa shape index (κ2) is 10.9. The largest absolute Gasteiger partial charge is 0.454 e. The molecule has 0 unspecified atom stereocenters. The Bertz CT molecular complexity index is 1720. The summed E-state index contributed by atoms with van der Waals surface area (Å²) in [6.07, 6.45) is 5.03. The molecule has 3 aromatic carbocycles. The van der Waals surface area contributed by atoms with Crippen molar-refractivity contribution in [3.8, 4) is 11.3 Å². The van der Waals surface area contributed by atoms with E-state index < -0.39 is 12.6 Å². The normalized spacial score (nSPS) is 18.0. The van der Waals surface area contributed by atoms with Crippen molar-refractivity contribution in [1.82, 2.24) is 4.98 Å². The minimum absolute atomic E-state index is 0.189. The number of carbonyl (C=O) groups is 4. The van der Waals surface area contributed by atoms with Crippen molar-refractivity contribution < 1.29 is 23.9 Å². The molecular weight excluding hydrogens is 563 g/mol. The molecule has 1 aromatic heterocycles. The van der Waals surface area contributed by atoms with Crippen LogP contribution in [0.3, 0.4) is 0 Å². The number of imide groups is 1. The molecule has 0 bridgehead atoms. The van der Waals surface area contributed by atoms with E-state index >= 15 is 0 Å². The molecule has 1 aliphatic heterocycles. The van der Waals surface area contributed by atoms with Crippen molar-refractivity contribution in [2.75, 3.05) is 11.5 Å². The number of hydrogen-bond acceptors (Lipinski definition) is 6. The van der Waals surface area contributed by atoms with Crippen LogP contribution in [-0.2, 0) is 14.3 Å². The number of benzene rings is 3. The number of anilines is 1. The molecule has 204 valence electrons. The number of amides is 2. The standard InChI is InChI=1S/C32H22Cl2N2O5/c33-20-12-8-19(9-13-20)28(37)17-41-32(40)25-16-27(35-29-22(25)6-3-7-26(29)34)18-10-14-21(15-11-18)36-30(38)23-4-1-2-5-24(23)31(36)39/h1-3,6-16,23-24H,4-5,17H2/t23-,24-/m0/s1. The molecule has 0 saturated carbocycles. The molecule has 9 heteroatoms. The smallest absolute Gasteiger partial charge is 0.339 e. The number of fused-ring (bicyclic) bond motifs is 2. The second-order valence-electron chi connectivity index (χ2n) is 9.91. The van der Waals surface area contributed by atoms with Gasteiger partial charge in [0.25, 0.3) is 0 Å². The van der Waals surface area contributed by atoms with Gasteiger partial charge < -0.3 is 4.74 Å². The second-order valence-corrected chi connectivity index (χ2v) is 10.8. The molecule has 41 heavy (non-hydrogen) atoms. The zero-order valence-electron chi connectivity index (χ0n) is 21.6. The van der Waals surface area contributed by atoms with Gasteiger partial charge in [0.05, 0.1) is 39.3 Å². The highest BCUT2D eigenvalue weighted by atomic mass is 35.5. The molecular formula is C32H22Cl2N2O5. The van der Waals surface area contributed by atoms with Crippen LogP contribution in [0, 0.1) is 11.8 Å². The summed E-state index contributed by atoms with van der Waals surface area (Å²) >= 11 is 12.3. The zero-order valence-corrected chi connectivity index (χ0v) is 23.1. The van der Waals surface area contributed by atoms with Crippen LogP contribution in [0.1, 0.15) is 33.6 Å². The maximum absolute atomic E-state index is 13.2. The summed E-state index contributed by atoms with van der Waals surface area (Å²) in [5.74, 6) is -2.10. The van der Waals surface area contributed by atoms with Crippen LogP contribution in [0.4, 0.5) is 5.69 Å². The number of ether oxygens (including phenoxy) is 1. The fourth-order valence-corrected chi connectivity index (χ4v) is 5.64. The molecule has 2 amide bonds. The molecule has 0 spiro atoms. The molecule has 4 aromatic rings. The fourth-order valence-electron chi connectivity index (χ4n) is 5.29. The van der Waals surface area contributed by atoms with Gasteiger partial charge in [-0.1, -0.05) is 59.6 Å². The maximum Gasteiger partial charge on any atom is 0.339 e. The summed E-state index contributed by atoms with van der Waals surface area (Å²) < 4.78 is 5.39. The highest BCUT2D eigenvalue weighted by Crippen LogP contribution is 2.38. The van der Waals surface area contributed by atoms with Crippen LogP contribution in [0.15, 0.2) is 84.9 Å². The van der Waals surface area contributed by atoms with Gasteiger partial charge in [0.1, 0.15) is 0 Å². The van der Waals surface area contributed by atoms with Crippen molar-refractivity contribution in [2.24, 2.45) is 11.8 Å². The molecule has 2 heterocycles. The van der Waals surface area contributed by atoms with E-state index in [1.165, 1.54) is 4.90 Å². The Morgan fingerprint density at radius 1 is 0.878 bits per heavy atom. The van der Waals surface area contributed by atoms with Crippen LogP contribution in [-0.4, -0.2) is 35.2 Å². The Balaban J connectivity index is 1.29. The van der Waals surface area contributed by atoms with Gasteiger partial charge in [-0.25, -0.2) is 9.78 Å². The van der Waals surface area contributed by atoms with Crippen LogP contribution < -0.4 is 4.90 Å². The Hall–Kier alpha value is -4.33. The number of allylic oxidation sites excluding steroid dienone is 2. The molecule has 1 aliphatic carbocycles. The van der Waals surface area contributed by atoms with Crippen LogP contribution in [0.25, 0.3) is 22.2 Å². The van der Waals surface area contributed by atoms with E-state index in [0.717, 1.165) is 0 Å². The Morgan fingerprint density at radius 2 is 1.54 bits per heavy atom. The van der Waals surface area contributed by atoms with Gasteiger partial charge in [0, 0.05) is 21.5 Å². The number of esters is 1. The zero-order chi connectivity index (χ0) is 28.7. The molecule has 2 atom stereocenters. The summed E-state index contributed by atoms with van der Waals surface area (Å²) in [4.78, 5) is 57.7. The van der Waals surface area contributed by atoms with Crippen LogP contribution >= 0.6 is 23.2 Å². The van der Waals surface area contributed by atoms with E-state index in [1.54, 1.807) is 72.8 Å². The van der Waals surface area contributed by atoms with Gasteiger partial charge in [-0.3, -0.25) is 19.3 Å². The molecule has 1 saturated heterocycles. The Labute approximate surface area is 245 Å². The summed E-state index contributed by atoms with van der Waals surface area (Å²) in [5, 5.41) is 1.32. The van der Waals surface area contributed by atoms with Crippen LogP contribution in [0.5, 0.6) is 0 Å². The quantitative estimate of drug-likeness (QED) is 0.108. The van der Waals surface area contributed by atoms with Crippen LogP contribution in [0.2, 0.25) is 10.0 Å². The lowest BCUT2D eigenvalue weighted by molar-refractivity contribution is -0.122. The number of ketones is 1. The highest BCUT2D eigenvalue weighted by molar-refractivity contribution is 6.35. The van der Waals surface area contributed by atoms with Crippen molar-refractivity contribution in [3.05, 3.63) is 106 Å². The Kier molecular flexibility index (Phi) is 7.15. The number of hydrogen-bond donors (Lipinski definition) is 0. The summed E-state index contributed by atoms with van der Waals surface area (Å²) in [5.41, 5.74) is 2.52. The van der Waals surface area contributed by atoms with E-state index in [2.05, 4.69) is 4.98 Å². The molecule has 7 nitrogen and oxygen atoms in total. The predicted octanol–water partition coefficient (Wildman–Crippen LogP) is 6.70. The third-order valence-electron chi connectivity index (χ3n) is 7.44. The van der Waals surface area contributed by atoms with E-state index in [-0.39, 0.29) is 35.0 Å². The van der Waals surface area contributed by atoms with Gasteiger partial charge in [-0.2, -0.15) is 0 Å². The third kappa shape index (κ3) is 5.03.